The van der Waals surface area contributed by atoms with Crippen molar-refractivity contribution in [1.29, 1.82) is 0 Å². The van der Waals surface area contributed by atoms with Crippen LogP contribution in [0.15, 0.2) is 102 Å². The average Bonchev–Trinajstić information content (AvgIpc) is 2.81. The lowest BCUT2D eigenvalue weighted by atomic mass is 9.94. The lowest BCUT2D eigenvalue weighted by Gasteiger charge is -2.44. The van der Waals surface area contributed by atoms with E-state index in [0.29, 0.717) is 17.9 Å². The van der Waals surface area contributed by atoms with Crippen molar-refractivity contribution >= 4 is 16.0 Å². The molecule has 32 heavy (non-hydrogen) atoms. The van der Waals surface area contributed by atoms with Crippen LogP contribution >= 0.6 is 0 Å². The maximum atomic E-state index is 13.4. The molecule has 1 aliphatic heterocycles. The molecular weight excluding hydrogens is 426 g/mol. The fourth-order valence-corrected chi connectivity index (χ4v) is 5.29. The molecule has 0 radical (unpaired) electrons. The van der Waals surface area contributed by atoms with Gasteiger partial charge < -0.3 is 9.47 Å². The molecule has 1 aliphatic rings. The van der Waals surface area contributed by atoms with E-state index in [1.54, 1.807) is 49.6 Å². The van der Waals surface area contributed by atoms with Gasteiger partial charge in [0, 0.05) is 18.2 Å². The minimum atomic E-state index is -3.85. The minimum absolute atomic E-state index is 0.122. The van der Waals surface area contributed by atoms with Crippen LogP contribution in [0.1, 0.15) is 23.6 Å². The molecule has 0 spiro atoms. The Morgan fingerprint density at radius 2 is 1.59 bits per heavy atom. The Morgan fingerprint density at radius 1 is 0.969 bits per heavy atom. The number of ether oxygens (including phenoxy) is 2. The van der Waals surface area contributed by atoms with E-state index in [4.69, 9.17) is 9.47 Å². The number of esters is 1. The Hall–Kier alpha value is -3.58. The Balaban J connectivity index is 1.60. The van der Waals surface area contributed by atoms with Crippen molar-refractivity contribution in [3.05, 3.63) is 108 Å². The molecule has 4 rings (SSSR count). The van der Waals surface area contributed by atoms with Crippen LogP contribution in [-0.4, -0.2) is 25.8 Å². The van der Waals surface area contributed by atoms with Gasteiger partial charge in [-0.3, -0.25) is 4.31 Å². The summed E-state index contributed by atoms with van der Waals surface area (Å²) < 4.78 is 38.6. The third-order valence-electron chi connectivity index (χ3n) is 5.28. The first-order chi connectivity index (χ1) is 15.5. The van der Waals surface area contributed by atoms with E-state index in [-0.39, 0.29) is 11.5 Å². The fraction of sp³-hybridized carbons (Fsp3) is 0.160. The lowest BCUT2D eigenvalue weighted by molar-refractivity contribution is -0.139. The maximum absolute atomic E-state index is 13.4. The van der Waals surface area contributed by atoms with E-state index in [1.807, 2.05) is 42.5 Å². The van der Waals surface area contributed by atoms with Crippen molar-refractivity contribution in [3.8, 4) is 5.75 Å². The van der Waals surface area contributed by atoms with Gasteiger partial charge in [0.25, 0.3) is 10.0 Å². The predicted molar refractivity (Wildman–Crippen MR) is 120 cm³/mol. The second-order valence-corrected chi connectivity index (χ2v) is 9.15. The van der Waals surface area contributed by atoms with Crippen molar-refractivity contribution in [2.75, 3.05) is 7.11 Å². The van der Waals surface area contributed by atoms with Gasteiger partial charge in [0.2, 0.25) is 0 Å². The molecule has 3 aromatic carbocycles. The smallest absolute Gasteiger partial charge is 0.332 e. The molecule has 6 nitrogen and oxygen atoms in total. The number of hydrogen-bond donors (Lipinski definition) is 0. The number of hydrogen-bond acceptors (Lipinski definition) is 5. The van der Waals surface area contributed by atoms with Crippen LogP contribution in [0.25, 0.3) is 0 Å². The van der Waals surface area contributed by atoms with E-state index in [0.717, 1.165) is 11.1 Å². The Bertz CT molecular complexity index is 1210. The number of carbonyl (C=O) groups is 1. The third-order valence-corrected chi connectivity index (χ3v) is 7.15. The summed E-state index contributed by atoms with van der Waals surface area (Å²) in [6.07, 6.45) is 1.67. The number of nitrogens with zero attached hydrogens (tertiary/aromatic N) is 1. The van der Waals surface area contributed by atoms with Crippen LogP contribution in [0.2, 0.25) is 0 Å². The predicted octanol–water partition coefficient (Wildman–Crippen LogP) is 4.46. The molecule has 1 fully saturated rings. The standard InChI is InChI=1S/C25H23NO5S/c1-30-22-14-12-20(13-15-22)24-16-21(17-25(27)31-18-19-8-4-2-5-9-19)26(24)32(28,29)23-10-6-3-7-11-23/h2-15,17,24H,16,18H2,1H3/b21-17+. The van der Waals surface area contributed by atoms with Crippen molar-refractivity contribution in [2.24, 2.45) is 0 Å². The SMILES string of the molecule is COc1ccc(C2C/C(=C\C(=O)OCc3ccccc3)N2S(=O)(=O)c2ccccc2)cc1. The highest BCUT2D eigenvalue weighted by atomic mass is 32.2. The zero-order chi connectivity index (χ0) is 22.6. The highest BCUT2D eigenvalue weighted by molar-refractivity contribution is 7.89. The van der Waals surface area contributed by atoms with Crippen molar-refractivity contribution in [2.45, 2.75) is 24.0 Å². The quantitative estimate of drug-likeness (QED) is 0.393. The molecular formula is C25H23NO5S. The minimum Gasteiger partial charge on any atom is -0.497 e. The van der Waals surface area contributed by atoms with Crippen LogP contribution in [0.3, 0.4) is 0 Å². The van der Waals surface area contributed by atoms with Gasteiger partial charge >= 0.3 is 5.97 Å². The summed E-state index contributed by atoms with van der Waals surface area (Å²) in [4.78, 5) is 12.6. The summed E-state index contributed by atoms with van der Waals surface area (Å²) in [6, 6.07) is 24.3. The van der Waals surface area contributed by atoms with E-state index < -0.39 is 22.0 Å². The lowest BCUT2D eigenvalue weighted by Crippen LogP contribution is -2.43. The Kier molecular flexibility index (Phi) is 6.28. The van der Waals surface area contributed by atoms with E-state index in [2.05, 4.69) is 0 Å². The molecule has 1 unspecified atom stereocenters. The number of rotatable bonds is 7. The number of benzene rings is 3. The molecule has 0 aliphatic carbocycles. The molecule has 3 aromatic rings. The summed E-state index contributed by atoms with van der Waals surface area (Å²) in [6.45, 7) is 0.122. The highest BCUT2D eigenvalue weighted by Crippen LogP contribution is 2.46. The zero-order valence-corrected chi connectivity index (χ0v) is 18.4. The molecule has 0 amide bonds. The monoisotopic (exact) mass is 449 g/mol. The number of sulfonamides is 1. The first-order valence-corrected chi connectivity index (χ1v) is 11.6. The molecule has 1 heterocycles. The van der Waals surface area contributed by atoms with Crippen LogP contribution in [0.5, 0.6) is 5.75 Å². The van der Waals surface area contributed by atoms with Crippen molar-refractivity contribution < 1.29 is 22.7 Å². The molecule has 7 heteroatoms. The average molecular weight is 450 g/mol. The van der Waals surface area contributed by atoms with Gasteiger partial charge in [-0.1, -0.05) is 60.7 Å². The molecule has 164 valence electrons. The molecule has 0 saturated carbocycles. The summed E-state index contributed by atoms with van der Waals surface area (Å²) in [7, 11) is -2.28. The largest absolute Gasteiger partial charge is 0.497 e. The van der Waals surface area contributed by atoms with Gasteiger partial charge in [-0.15, -0.1) is 0 Å². The second-order valence-electron chi connectivity index (χ2n) is 7.34. The van der Waals surface area contributed by atoms with Crippen molar-refractivity contribution in [1.82, 2.24) is 4.31 Å². The van der Waals surface area contributed by atoms with Gasteiger partial charge in [-0.25, -0.2) is 13.2 Å². The second kappa shape index (κ2) is 9.28. The first-order valence-electron chi connectivity index (χ1n) is 10.1. The number of methoxy groups -OCH3 is 1. The zero-order valence-electron chi connectivity index (χ0n) is 17.5. The maximum Gasteiger partial charge on any atom is 0.332 e. The number of carbonyl (C=O) groups excluding carboxylic acids is 1. The normalized spacial score (nSPS) is 17.0. The highest BCUT2D eigenvalue weighted by Gasteiger charge is 2.43. The summed E-state index contributed by atoms with van der Waals surface area (Å²) in [5, 5.41) is 0. The Labute approximate surface area is 187 Å². The van der Waals surface area contributed by atoms with Crippen LogP contribution < -0.4 is 4.74 Å². The molecule has 0 aromatic heterocycles. The third kappa shape index (κ3) is 4.53. The van der Waals surface area contributed by atoms with E-state index in [1.165, 1.54) is 10.4 Å². The first kappa shape index (κ1) is 21.6. The molecule has 0 N–H and O–H groups in total. The molecule has 1 saturated heterocycles. The van der Waals surface area contributed by atoms with Gasteiger partial charge in [0.1, 0.15) is 12.4 Å². The summed E-state index contributed by atoms with van der Waals surface area (Å²) in [5.41, 5.74) is 2.07. The van der Waals surface area contributed by atoms with Gasteiger partial charge in [0.15, 0.2) is 0 Å². The van der Waals surface area contributed by atoms with Crippen molar-refractivity contribution in [3.63, 3.8) is 0 Å². The van der Waals surface area contributed by atoms with Crippen LogP contribution in [0, 0.1) is 0 Å². The molecule has 0 bridgehead atoms. The van der Waals surface area contributed by atoms with Crippen LogP contribution in [0.4, 0.5) is 0 Å². The van der Waals surface area contributed by atoms with Gasteiger partial charge in [-0.05, 0) is 35.4 Å². The van der Waals surface area contributed by atoms with E-state index >= 15 is 0 Å². The summed E-state index contributed by atoms with van der Waals surface area (Å²) in [5.74, 6) is 0.107. The summed E-state index contributed by atoms with van der Waals surface area (Å²) >= 11 is 0. The molecule has 1 atom stereocenters. The van der Waals surface area contributed by atoms with Gasteiger partial charge in [-0.2, -0.15) is 0 Å². The van der Waals surface area contributed by atoms with Gasteiger partial charge in [0.05, 0.1) is 18.0 Å². The topological polar surface area (TPSA) is 72.9 Å². The van der Waals surface area contributed by atoms with Crippen LogP contribution in [-0.2, 0) is 26.2 Å². The van der Waals surface area contributed by atoms with E-state index in [9.17, 15) is 13.2 Å². The Morgan fingerprint density at radius 3 is 2.22 bits per heavy atom. The fourth-order valence-electron chi connectivity index (χ4n) is 3.59.